The lowest BCUT2D eigenvalue weighted by atomic mass is 10.4. The van der Waals surface area contributed by atoms with Gasteiger partial charge in [-0.3, -0.25) is 0 Å². The molecule has 2 heterocycles. The lowest BCUT2D eigenvalue weighted by molar-refractivity contribution is 0.581. The van der Waals surface area contributed by atoms with E-state index in [1.54, 1.807) is 12.4 Å². The molecule has 5 heteroatoms. The maximum atomic E-state index is 13.5. The summed E-state index contributed by atoms with van der Waals surface area (Å²) in [5.74, 6) is -0.446. The molecular formula is C9H7BrFN3. The van der Waals surface area contributed by atoms with Crippen molar-refractivity contribution in [3.8, 4) is 0 Å². The highest BCUT2D eigenvalue weighted by atomic mass is 79.9. The molecule has 0 N–H and O–H groups in total. The van der Waals surface area contributed by atoms with Crippen LogP contribution in [0.3, 0.4) is 0 Å². The van der Waals surface area contributed by atoms with Gasteiger partial charge in [0.25, 0.3) is 0 Å². The van der Waals surface area contributed by atoms with Crippen LogP contribution >= 0.6 is 15.9 Å². The molecule has 0 spiro atoms. The van der Waals surface area contributed by atoms with Crippen molar-refractivity contribution >= 4 is 27.0 Å². The number of imidazole rings is 1. The molecule has 0 bridgehead atoms. The minimum Gasteiger partial charge on any atom is -0.324 e. The molecule has 1 aliphatic carbocycles. The van der Waals surface area contributed by atoms with Gasteiger partial charge in [0, 0.05) is 6.04 Å². The fourth-order valence-electron chi connectivity index (χ4n) is 1.61. The van der Waals surface area contributed by atoms with Gasteiger partial charge in [0.15, 0.2) is 0 Å². The number of aromatic nitrogens is 3. The van der Waals surface area contributed by atoms with Crippen LogP contribution in [0.4, 0.5) is 4.39 Å². The van der Waals surface area contributed by atoms with Crippen molar-refractivity contribution in [1.82, 2.24) is 14.5 Å². The van der Waals surface area contributed by atoms with Crippen molar-refractivity contribution in [3.63, 3.8) is 0 Å². The minimum atomic E-state index is -0.446. The van der Waals surface area contributed by atoms with Crippen molar-refractivity contribution in [2.75, 3.05) is 0 Å². The lowest BCUT2D eigenvalue weighted by Crippen LogP contribution is -1.95. The molecule has 0 unspecified atom stereocenters. The number of nitrogens with zero attached hydrogens (tertiary/aromatic N) is 3. The third-order valence-corrected chi connectivity index (χ3v) is 2.82. The van der Waals surface area contributed by atoms with Gasteiger partial charge in [-0.05, 0) is 34.8 Å². The molecule has 3 nitrogen and oxygen atoms in total. The molecule has 14 heavy (non-hydrogen) atoms. The van der Waals surface area contributed by atoms with Gasteiger partial charge >= 0.3 is 0 Å². The summed E-state index contributed by atoms with van der Waals surface area (Å²) in [4.78, 5) is 7.89. The molecule has 0 atom stereocenters. The largest absolute Gasteiger partial charge is 0.324 e. The maximum absolute atomic E-state index is 13.5. The minimum absolute atomic E-state index is 0.428. The highest BCUT2D eigenvalue weighted by Gasteiger charge is 2.26. The zero-order valence-electron chi connectivity index (χ0n) is 7.24. The van der Waals surface area contributed by atoms with Crippen LogP contribution in [0, 0.1) is 5.95 Å². The zero-order valence-corrected chi connectivity index (χ0v) is 8.83. The first-order valence-corrected chi connectivity index (χ1v) is 5.23. The van der Waals surface area contributed by atoms with Crippen LogP contribution in [0.2, 0.25) is 0 Å². The van der Waals surface area contributed by atoms with Gasteiger partial charge in [-0.2, -0.15) is 4.39 Å². The number of halogens is 2. The Kier molecular flexibility index (Phi) is 1.65. The van der Waals surface area contributed by atoms with E-state index in [1.807, 2.05) is 4.57 Å². The molecule has 0 saturated heterocycles. The van der Waals surface area contributed by atoms with Gasteiger partial charge in [-0.1, -0.05) is 0 Å². The molecule has 1 aliphatic rings. The number of fused-ring (bicyclic) bond motifs is 1. The molecule has 3 rings (SSSR count). The van der Waals surface area contributed by atoms with Crippen LogP contribution < -0.4 is 0 Å². The Balaban J connectivity index is 2.33. The molecule has 2 aromatic heterocycles. The quantitative estimate of drug-likeness (QED) is 0.734. The lowest BCUT2D eigenvalue weighted by Gasteiger charge is -2.00. The molecule has 0 amide bonds. The van der Waals surface area contributed by atoms with E-state index in [1.165, 1.54) is 0 Å². The van der Waals surface area contributed by atoms with E-state index in [9.17, 15) is 4.39 Å². The van der Waals surface area contributed by atoms with Crippen molar-refractivity contribution in [1.29, 1.82) is 0 Å². The SMILES string of the molecule is Fc1nc(Br)cc2ncn(C3CC3)c12. The van der Waals surface area contributed by atoms with Gasteiger partial charge in [0.1, 0.15) is 10.1 Å². The smallest absolute Gasteiger partial charge is 0.240 e. The third-order valence-electron chi connectivity index (χ3n) is 2.42. The first-order chi connectivity index (χ1) is 6.75. The Bertz CT molecular complexity index is 504. The fourth-order valence-corrected chi connectivity index (χ4v) is 1.99. The second-order valence-corrected chi connectivity index (χ2v) is 4.30. The zero-order chi connectivity index (χ0) is 9.71. The molecule has 0 aromatic carbocycles. The van der Waals surface area contributed by atoms with Gasteiger partial charge in [0.2, 0.25) is 5.95 Å². The molecule has 1 saturated carbocycles. The summed E-state index contributed by atoms with van der Waals surface area (Å²) >= 11 is 3.14. The van der Waals surface area contributed by atoms with E-state index in [4.69, 9.17) is 0 Å². The number of hydrogen-bond donors (Lipinski definition) is 0. The maximum Gasteiger partial charge on any atom is 0.240 e. The van der Waals surface area contributed by atoms with Crippen molar-refractivity contribution in [3.05, 3.63) is 22.9 Å². The van der Waals surface area contributed by atoms with E-state index < -0.39 is 5.95 Å². The average molecular weight is 256 g/mol. The monoisotopic (exact) mass is 255 g/mol. The first kappa shape index (κ1) is 8.35. The van der Waals surface area contributed by atoms with Crippen LogP contribution in [-0.4, -0.2) is 14.5 Å². The highest BCUT2D eigenvalue weighted by Crippen LogP contribution is 2.37. The molecule has 2 aromatic rings. The summed E-state index contributed by atoms with van der Waals surface area (Å²) in [6, 6.07) is 2.16. The second kappa shape index (κ2) is 2.76. The Morgan fingerprint density at radius 1 is 1.50 bits per heavy atom. The summed E-state index contributed by atoms with van der Waals surface area (Å²) in [6.07, 6.45) is 3.92. The van der Waals surface area contributed by atoms with Crippen molar-refractivity contribution in [2.24, 2.45) is 0 Å². The number of hydrogen-bond acceptors (Lipinski definition) is 2. The summed E-state index contributed by atoms with van der Waals surface area (Å²) < 4.78 is 15.9. The Morgan fingerprint density at radius 3 is 3.00 bits per heavy atom. The van der Waals surface area contributed by atoms with Crippen LogP contribution in [0.25, 0.3) is 11.0 Å². The van der Waals surface area contributed by atoms with Crippen LogP contribution in [-0.2, 0) is 0 Å². The molecule has 0 radical (unpaired) electrons. The summed E-state index contributed by atoms with van der Waals surface area (Å²) in [5.41, 5.74) is 1.19. The summed E-state index contributed by atoms with van der Waals surface area (Å²) in [7, 11) is 0. The predicted octanol–water partition coefficient (Wildman–Crippen LogP) is 2.67. The Hall–Kier alpha value is -0.970. The van der Waals surface area contributed by atoms with E-state index in [0.717, 1.165) is 12.8 Å². The molecule has 72 valence electrons. The van der Waals surface area contributed by atoms with Crippen LogP contribution in [0.15, 0.2) is 17.0 Å². The highest BCUT2D eigenvalue weighted by molar-refractivity contribution is 9.10. The predicted molar refractivity (Wildman–Crippen MR) is 53.5 cm³/mol. The average Bonchev–Trinajstić information content (AvgIpc) is 2.87. The van der Waals surface area contributed by atoms with Gasteiger partial charge in [-0.25, -0.2) is 9.97 Å². The summed E-state index contributed by atoms with van der Waals surface area (Å²) in [6.45, 7) is 0. The van der Waals surface area contributed by atoms with Gasteiger partial charge < -0.3 is 4.57 Å². The first-order valence-electron chi connectivity index (χ1n) is 4.44. The second-order valence-electron chi connectivity index (χ2n) is 3.49. The van der Waals surface area contributed by atoms with E-state index in [0.29, 0.717) is 21.7 Å². The molecular weight excluding hydrogens is 249 g/mol. The van der Waals surface area contributed by atoms with Crippen molar-refractivity contribution < 1.29 is 4.39 Å². The van der Waals surface area contributed by atoms with Gasteiger partial charge in [0.05, 0.1) is 11.8 Å². The fraction of sp³-hybridized carbons (Fsp3) is 0.333. The summed E-state index contributed by atoms with van der Waals surface area (Å²) in [5, 5.41) is 0. The van der Waals surface area contributed by atoms with Gasteiger partial charge in [-0.15, -0.1) is 0 Å². The van der Waals surface area contributed by atoms with Crippen molar-refractivity contribution in [2.45, 2.75) is 18.9 Å². The van der Waals surface area contributed by atoms with E-state index >= 15 is 0 Å². The number of rotatable bonds is 1. The number of pyridine rings is 1. The van der Waals surface area contributed by atoms with Crippen LogP contribution in [0.5, 0.6) is 0 Å². The topological polar surface area (TPSA) is 30.7 Å². The molecule has 0 aliphatic heterocycles. The van der Waals surface area contributed by atoms with Crippen LogP contribution in [0.1, 0.15) is 18.9 Å². The van der Waals surface area contributed by atoms with E-state index in [-0.39, 0.29) is 0 Å². The normalized spacial score (nSPS) is 16.4. The molecule has 1 fully saturated rings. The standard InChI is InChI=1S/C9H7BrFN3/c10-7-3-6-8(9(11)13-7)14(4-12-6)5-1-2-5/h3-5H,1-2H2. The Labute approximate surface area is 88.1 Å². The Morgan fingerprint density at radius 2 is 2.29 bits per heavy atom. The van der Waals surface area contributed by atoms with E-state index in [2.05, 4.69) is 25.9 Å². The third kappa shape index (κ3) is 1.15.